The Hall–Kier alpha value is -0.220. The van der Waals surface area contributed by atoms with Crippen molar-refractivity contribution < 1.29 is 5.11 Å². The van der Waals surface area contributed by atoms with Gasteiger partial charge in [0.2, 0.25) is 0 Å². The minimum absolute atomic E-state index is 0.136. The first kappa shape index (κ1) is 14.8. The maximum absolute atomic E-state index is 9.36. The van der Waals surface area contributed by atoms with Gasteiger partial charge in [-0.3, -0.25) is 0 Å². The Morgan fingerprint density at radius 2 is 2.12 bits per heavy atom. The van der Waals surface area contributed by atoms with Crippen LogP contribution >= 0.6 is 23.4 Å². The largest absolute Gasteiger partial charge is 0.394 e. The minimum atomic E-state index is -0.228. The monoisotopic (exact) mass is 273 g/mol. The number of thioether (sulfide) groups is 1. The fraction of sp³-hybridized carbons (Fsp3) is 0.538. The molecule has 0 saturated carbocycles. The fourth-order valence-corrected chi connectivity index (χ4v) is 3.17. The Labute approximate surface area is 113 Å². The molecule has 1 rings (SSSR count). The van der Waals surface area contributed by atoms with E-state index in [9.17, 15) is 5.11 Å². The molecule has 0 aromatic heterocycles. The number of aliphatic hydroxyl groups excluding tert-OH is 1. The maximum Gasteiger partial charge on any atom is 0.0610 e. The molecular formula is C13H20ClNOS. The zero-order valence-corrected chi connectivity index (χ0v) is 12.1. The molecule has 0 radical (unpaired) electrons. The molecule has 0 bridgehead atoms. The first-order valence-electron chi connectivity index (χ1n) is 5.72. The lowest BCUT2D eigenvalue weighted by Gasteiger charge is -2.29. The van der Waals surface area contributed by atoms with E-state index in [1.165, 1.54) is 0 Å². The summed E-state index contributed by atoms with van der Waals surface area (Å²) in [7, 11) is 1.88. The van der Waals surface area contributed by atoms with Crippen LogP contribution in [-0.2, 0) is 0 Å². The van der Waals surface area contributed by atoms with E-state index in [0.29, 0.717) is 5.25 Å². The summed E-state index contributed by atoms with van der Waals surface area (Å²) in [5, 5.41) is 13.7. The van der Waals surface area contributed by atoms with Crippen LogP contribution in [0.15, 0.2) is 29.2 Å². The van der Waals surface area contributed by atoms with Gasteiger partial charge in [0.15, 0.2) is 0 Å². The normalized spacial score (nSPS) is 16.5. The molecule has 0 heterocycles. The SMILES string of the molecule is CNC(C)(CO)CC(C)Sc1ccccc1Cl. The lowest BCUT2D eigenvalue weighted by atomic mass is 9.97. The van der Waals surface area contributed by atoms with Crippen LogP contribution in [0.4, 0.5) is 0 Å². The zero-order chi connectivity index (χ0) is 12.9. The van der Waals surface area contributed by atoms with Crippen LogP contribution in [0.5, 0.6) is 0 Å². The van der Waals surface area contributed by atoms with Crippen molar-refractivity contribution in [2.75, 3.05) is 13.7 Å². The number of nitrogens with one attached hydrogen (secondary N) is 1. The third-order valence-electron chi connectivity index (χ3n) is 2.86. The van der Waals surface area contributed by atoms with E-state index in [-0.39, 0.29) is 12.1 Å². The highest BCUT2D eigenvalue weighted by Crippen LogP contribution is 2.33. The second-order valence-corrected chi connectivity index (χ2v) is 6.42. The second-order valence-electron chi connectivity index (χ2n) is 4.53. The van der Waals surface area contributed by atoms with E-state index >= 15 is 0 Å². The van der Waals surface area contributed by atoms with Gasteiger partial charge in [-0.15, -0.1) is 11.8 Å². The standard InChI is InChI=1S/C13H20ClNOS/c1-10(8-13(2,9-16)15-3)17-12-7-5-4-6-11(12)14/h4-7,10,15-16H,8-9H2,1-3H3. The van der Waals surface area contributed by atoms with Gasteiger partial charge in [-0.05, 0) is 32.5 Å². The number of likely N-dealkylation sites (N-methyl/N-ethyl adjacent to an activating group) is 1. The lowest BCUT2D eigenvalue weighted by Crippen LogP contribution is -2.45. The summed E-state index contributed by atoms with van der Waals surface area (Å²) >= 11 is 7.87. The summed E-state index contributed by atoms with van der Waals surface area (Å²) in [6.45, 7) is 4.31. The molecular weight excluding hydrogens is 254 g/mol. The number of hydrogen-bond acceptors (Lipinski definition) is 3. The van der Waals surface area contributed by atoms with Gasteiger partial charge in [-0.2, -0.15) is 0 Å². The number of benzene rings is 1. The van der Waals surface area contributed by atoms with E-state index < -0.39 is 0 Å². The molecule has 0 spiro atoms. The van der Waals surface area contributed by atoms with Crippen molar-refractivity contribution in [2.24, 2.45) is 0 Å². The summed E-state index contributed by atoms with van der Waals surface area (Å²) in [5.74, 6) is 0. The van der Waals surface area contributed by atoms with Crippen molar-refractivity contribution in [3.05, 3.63) is 29.3 Å². The molecule has 96 valence electrons. The van der Waals surface area contributed by atoms with Crippen molar-refractivity contribution in [3.8, 4) is 0 Å². The van der Waals surface area contributed by atoms with Crippen LogP contribution in [0.1, 0.15) is 20.3 Å². The number of halogens is 1. The Bertz CT molecular complexity index is 355. The van der Waals surface area contributed by atoms with Crippen LogP contribution in [0, 0.1) is 0 Å². The third kappa shape index (κ3) is 4.51. The quantitative estimate of drug-likeness (QED) is 0.781. The fourth-order valence-electron chi connectivity index (χ4n) is 1.68. The molecule has 0 aliphatic heterocycles. The van der Waals surface area contributed by atoms with Crippen molar-refractivity contribution >= 4 is 23.4 Å². The van der Waals surface area contributed by atoms with Gasteiger partial charge in [-0.25, -0.2) is 0 Å². The Balaban J connectivity index is 2.61. The summed E-state index contributed by atoms with van der Waals surface area (Å²) < 4.78 is 0. The molecule has 0 fully saturated rings. The van der Waals surface area contributed by atoms with E-state index in [4.69, 9.17) is 11.6 Å². The molecule has 0 aliphatic carbocycles. The van der Waals surface area contributed by atoms with Crippen molar-refractivity contribution in [2.45, 2.75) is 36.0 Å². The van der Waals surface area contributed by atoms with E-state index in [2.05, 4.69) is 12.2 Å². The van der Waals surface area contributed by atoms with Gasteiger partial charge in [0.1, 0.15) is 0 Å². The summed E-state index contributed by atoms with van der Waals surface area (Å²) in [5.41, 5.74) is -0.228. The Morgan fingerprint density at radius 1 is 1.47 bits per heavy atom. The average molecular weight is 274 g/mol. The van der Waals surface area contributed by atoms with E-state index in [1.807, 2.05) is 38.2 Å². The zero-order valence-electron chi connectivity index (χ0n) is 10.5. The molecule has 2 atom stereocenters. The summed E-state index contributed by atoms with van der Waals surface area (Å²) in [4.78, 5) is 1.10. The predicted octanol–water partition coefficient (Wildman–Crippen LogP) is 3.18. The topological polar surface area (TPSA) is 32.3 Å². The summed E-state index contributed by atoms with van der Waals surface area (Å²) in [6, 6.07) is 7.85. The molecule has 4 heteroatoms. The van der Waals surface area contributed by atoms with Gasteiger partial charge in [0.05, 0.1) is 11.6 Å². The van der Waals surface area contributed by atoms with Crippen LogP contribution < -0.4 is 5.32 Å². The van der Waals surface area contributed by atoms with Crippen molar-refractivity contribution in [1.29, 1.82) is 0 Å². The third-order valence-corrected chi connectivity index (χ3v) is 4.48. The molecule has 17 heavy (non-hydrogen) atoms. The Kier molecular flexibility index (Phi) is 5.80. The molecule has 1 aromatic rings. The lowest BCUT2D eigenvalue weighted by molar-refractivity contribution is 0.174. The van der Waals surface area contributed by atoms with Gasteiger partial charge in [0.25, 0.3) is 0 Å². The second kappa shape index (κ2) is 6.64. The molecule has 2 unspecified atom stereocenters. The summed E-state index contributed by atoms with van der Waals surface area (Å²) in [6.07, 6.45) is 0.885. The van der Waals surface area contributed by atoms with Gasteiger partial charge in [0, 0.05) is 15.7 Å². The minimum Gasteiger partial charge on any atom is -0.394 e. The molecule has 0 saturated heterocycles. The van der Waals surface area contributed by atoms with Crippen LogP contribution in [-0.4, -0.2) is 29.5 Å². The molecule has 2 N–H and O–H groups in total. The molecule has 0 amide bonds. The molecule has 1 aromatic carbocycles. The highest BCUT2D eigenvalue weighted by Gasteiger charge is 2.24. The van der Waals surface area contributed by atoms with Crippen LogP contribution in [0.2, 0.25) is 5.02 Å². The number of hydrogen-bond donors (Lipinski definition) is 2. The first-order chi connectivity index (χ1) is 8.00. The number of rotatable bonds is 6. The van der Waals surface area contributed by atoms with Crippen LogP contribution in [0.3, 0.4) is 0 Å². The van der Waals surface area contributed by atoms with Crippen LogP contribution in [0.25, 0.3) is 0 Å². The van der Waals surface area contributed by atoms with Crippen molar-refractivity contribution in [1.82, 2.24) is 5.32 Å². The van der Waals surface area contributed by atoms with E-state index in [0.717, 1.165) is 16.3 Å². The highest BCUT2D eigenvalue weighted by molar-refractivity contribution is 8.00. The van der Waals surface area contributed by atoms with E-state index in [1.54, 1.807) is 11.8 Å². The smallest absolute Gasteiger partial charge is 0.0610 e. The Morgan fingerprint density at radius 3 is 2.65 bits per heavy atom. The van der Waals surface area contributed by atoms with Crippen molar-refractivity contribution in [3.63, 3.8) is 0 Å². The van der Waals surface area contributed by atoms with Gasteiger partial charge in [-0.1, -0.05) is 30.7 Å². The maximum atomic E-state index is 9.36. The molecule has 0 aliphatic rings. The number of aliphatic hydroxyl groups is 1. The van der Waals surface area contributed by atoms with Gasteiger partial charge >= 0.3 is 0 Å². The first-order valence-corrected chi connectivity index (χ1v) is 6.97. The molecule has 2 nitrogen and oxygen atoms in total. The average Bonchev–Trinajstić information content (AvgIpc) is 2.32. The van der Waals surface area contributed by atoms with Gasteiger partial charge < -0.3 is 10.4 Å². The highest BCUT2D eigenvalue weighted by atomic mass is 35.5. The predicted molar refractivity (Wildman–Crippen MR) is 75.9 cm³/mol.